The van der Waals surface area contributed by atoms with Crippen LogP contribution in [0.1, 0.15) is 38.7 Å². The van der Waals surface area contributed by atoms with Crippen LogP contribution in [0.3, 0.4) is 0 Å². The van der Waals surface area contributed by atoms with Gasteiger partial charge in [0.2, 0.25) is 0 Å². The lowest BCUT2D eigenvalue weighted by Crippen LogP contribution is -2.25. The van der Waals surface area contributed by atoms with Crippen LogP contribution >= 0.6 is 15.9 Å². The topological polar surface area (TPSA) is 55.2 Å². The van der Waals surface area contributed by atoms with Gasteiger partial charge in [0.25, 0.3) is 5.69 Å². The van der Waals surface area contributed by atoms with E-state index in [4.69, 9.17) is 0 Å². The van der Waals surface area contributed by atoms with Crippen LogP contribution in [0, 0.1) is 10.1 Å². The molecule has 0 spiro atoms. The summed E-state index contributed by atoms with van der Waals surface area (Å²) in [5.74, 6) is 0. The van der Waals surface area contributed by atoms with E-state index in [2.05, 4.69) is 35.1 Å². The zero-order valence-electron chi connectivity index (χ0n) is 10.8. The number of halogens is 1. The number of unbranched alkanes of at least 4 members (excludes halogenated alkanes) is 1. The second-order valence-electron chi connectivity index (χ2n) is 4.46. The molecule has 18 heavy (non-hydrogen) atoms. The molecule has 0 aliphatic heterocycles. The Morgan fingerprint density at radius 2 is 2.22 bits per heavy atom. The van der Waals surface area contributed by atoms with Crippen LogP contribution < -0.4 is 5.32 Å². The number of hydrogen-bond donors (Lipinski definition) is 1. The Morgan fingerprint density at radius 1 is 1.50 bits per heavy atom. The summed E-state index contributed by atoms with van der Waals surface area (Å²) >= 11 is 3.37. The fourth-order valence-corrected chi connectivity index (χ4v) is 2.20. The van der Waals surface area contributed by atoms with Crippen molar-refractivity contribution in [1.29, 1.82) is 0 Å². The van der Waals surface area contributed by atoms with Gasteiger partial charge in [-0.25, -0.2) is 0 Å². The molecule has 1 atom stereocenters. The SMILES string of the molecule is CCCCC(C)NCc1ccc([N+](=O)[O-])cc1Br. The van der Waals surface area contributed by atoms with E-state index >= 15 is 0 Å². The summed E-state index contributed by atoms with van der Waals surface area (Å²) in [6, 6.07) is 5.35. The molecule has 1 aromatic carbocycles. The molecule has 0 radical (unpaired) electrons. The molecule has 5 heteroatoms. The van der Waals surface area contributed by atoms with Gasteiger partial charge >= 0.3 is 0 Å². The number of nitro groups is 1. The minimum atomic E-state index is -0.383. The van der Waals surface area contributed by atoms with E-state index < -0.39 is 0 Å². The smallest absolute Gasteiger partial charge is 0.270 e. The first-order valence-corrected chi connectivity index (χ1v) is 7.00. The van der Waals surface area contributed by atoms with Crippen molar-refractivity contribution < 1.29 is 4.92 Å². The fraction of sp³-hybridized carbons (Fsp3) is 0.538. The van der Waals surface area contributed by atoms with E-state index in [1.807, 2.05) is 0 Å². The maximum atomic E-state index is 10.6. The van der Waals surface area contributed by atoms with E-state index in [0.717, 1.165) is 23.0 Å². The van der Waals surface area contributed by atoms with Gasteiger partial charge in [-0.2, -0.15) is 0 Å². The molecule has 0 aliphatic rings. The van der Waals surface area contributed by atoms with Gasteiger partial charge in [0, 0.05) is 29.2 Å². The molecule has 4 nitrogen and oxygen atoms in total. The summed E-state index contributed by atoms with van der Waals surface area (Å²) in [5.41, 5.74) is 1.16. The first-order chi connectivity index (χ1) is 8.54. The second kappa shape index (κ2) is 7.48. The number of nitro benzene ring substituents is 1. The summed E-state index contributed by atoms with van der Waals surface area (Å²) in [6.07, 6.45) is 3.57. The Balaban J connectivity index is 2.55. The van der Waals surface area contributed by atoms with Gasteiger partial charge in [-0.15, -0.1) is 0 Å². The highest BCUT2D eigenvalue weighted by Crippen LogP contribution is 2.23. The Hall–Kier alpha value is -0.940. The molecule has 0 aromatic heterocycles. The average molecular weight is 315 g/mol. The molecule has 0 fully saturated rings. The fourth-order valence-electron chi connectivity index (χ4n) is 1.69. The molecule has 1 unspecified atom stereocenters. The van der Waals surface area contributed by atoms with Crippen LogP contribution in [-0.4, -0.2) is 11.0 Å². The van der Waals surface area contributed by atoms with Crippen LogP contribution in [0.25, 0.3) is 0 Å². The first-order valence-electron chi connectivity index (χ1n) is 6.20. The number of nitrogens with one attached hydrogen (secondary N) is 1. The van der Waals surface area contributed by atoms with Crippen molar-refractivity contribution in [3.05, 3.63) is 38.3 Å². The Morgan fingerprint density at radius 3 is 2.78 bits per heavy atom. The van der Waals surface area contributed by atoms with E-state index in [9.17, 15) is 10.1 Å². The number of hydrogen-bond acceptors (Lipinski definition) is 3. The molecule has 0 amide bonds. The molecule has 0 heterocycles. The Labute approximate surface area is 116 Å². The van der Waals surface area contributed by atoms with Crippen LogP contribution in [-0.2, 0) is 6.54 Å². The summed E-state index contributed by atoms with van der Waals surface area (Å²) in [5, 5.41) is 14.0. The quantitative estimate of drug-likeness (QED) is 0.610. The monoisotopic (exact) mass is 314 g/mol. The maximum Gasteiger partial charge on any atom is 0.270 e. The van der Waals surface area contributed by atoms with Crippen LogP contribution in [0.5, 0.6) is 0 Å². The number of non-ortho nitro benzene ring substituents is 1. The van der Waals surface area contributed by atoms with Crippen molar-refractivity contribution in [3.8, 4) is 0 Å². The Kier molecular flexibility index (Phi) is 6.29. The third-order valence-electron chi connectivity index (χ3n) is 2.88. The summed E-state index contributed by atoms with van der Waals surface area (Å²) in [7, 11) is 0. The zero-order valence-corrected chi connectivity index (χ0v) is 12.4. The molecule has 0 saturated heterocycles. The van der Waals surface area contributed by atoms with Crippen molar-refractivity contribution >= 4 is 21.6 Å². The largest absolute Gasteiger partial charge is 0.310 e. The Bertz CT molecular complexity index is 410. The van der Waals surface area contributed by atoms with Gasteiger partial charge in [-0.3, -0.25) is 10.1 Å². The molecule has 0 saturated carbocycles. The van der Waals surface area contributed by atoms with Gasteiger partial charge in [-0.05, 0) is 25.0 Å². The molecule has 100 valence electrons. The van der Waals surface area contributed by atoms with Gasteiger partial charge in [0.1, 0.15) is 0 Å². The van der Waals surface area contributed by atoms with Crippen molar-refractivity contribution in [3.63, 3.8) is 0 Å². The predicted octanol–water partition coefficient (Wildman–Crippen LogP) is 4.03. The number of nitrogens with zero attached hydrogens (tertiary/aromatic N) is 1. The molecular weight excluding hydrogens is 296 g/mol. The molecule has 1 N–H and O–H groups in total. The predicted molar refractivity (Wildman–Crippen MR) is 76.6 cm³/mol. The van der Waals surface area contributed by atoms with Gasteiger partial charge in [0.05, 0.1) is 4.92 Å². The molecular formula is C13H19BrN2O2. The van der Waals surface area contributed by atoms with Gasteiger partial charge < -0.3 is 5.32 Å². The first kappa shape index (κ1) is 15.1. The van der Waals surface area contributed by atoms with Crippen LogP contribution in [0.4, 0.5) is 5.69 Å². The van der Waals surface area contributed by atoms with E-state index in [-0.39, 0.29) is 10.6 Å². The van der Waals surface area contributed by atoms with Gasteiger partial charge in [0.15, 0.2) is 0 Å². The lowest BCUT2D eigenvalue weighted by atomic mass is 10.1. The third-order valence-corrected chi connectivity index (χ3v) is 3.62. The zero-order chi connectivity index (χ0) is 13.5. The average Bonchev–Trinajstić information content (AvgIpc) is 2.34. The van der Waals surface area contributed by atoms with E-state index in [0.29, 0.717) is 6.04 Å². The maximum absolute atomic E-state index is 10.6. The molecule has 1 aromatic rings. The number of benzene rings is 1. The molecule has 1 rings (SSSR count). The lowest BCUT2D eigenvalue weighted by Gasteiger charge is -2.14. The minimum Gasteiger partial charge on any atom is -0.310 e. The van der Waals surface area contributed by atoms with Crippen molar-refractivity contribution in [1.82, 2.24) is 5.32 Å². The summed E-state index contributed by atoms with van der Waals surface area (Å²) < 4.78 is 0.784. The summed E-state index contributed by atoms with van der Waals surface area (Å²) in [4.78, 5) is 10.2. The highest BCUT2D eigenvalue weighted by molar-refractivity contribution is 9.10. The van der Waals surface area contributed by atoms with Crippen molar-refractivity contribution in [2.24, 2.45) is 0 Å². The summed E-state index contributed by atoms with van der Waals surface area (Å²) in [6.45, 7) is 5.07. The standard InChI is InChI=1S/C13H19BrN2O2/c1-3-4-5-10(2)15-9-11-6-7-12(16(17)18)8-13(11)14/h6-8,10,15H,3-5,9H2,1-2H3. The van der Waals surface area contributed by atoms with Crippen molar-refractivity contribution in [2.75, 3.05) is 0 Å². The normalized spacial score (nSPS) is 12.4. The second-order valence-corrected chi connectivity index (χ2v) is 5.31. The van der Waals surface area contributed by atoms with Crippen LogP contribution in [0.2, 0.25) is 0 Å². The third kappa shape index (κ3) is 4.74. The highest BCUT2D eigenvalue weighted by atomic mass is 79.9. The molecule has 0 bridgehead atoms. The van der Waals surface area contributed by atoms with Crippen molar-refractivity contribution in [2.45, 2.75) is 45.7 Å². The highest BCUT2D eigenvalue weighted by Gasteiger charge is 2.09. The van der Waals surface area contributed by atoms with Gasteiger partial charge in [-0.1, -0.05) is 35.7 Å². The number of rotatable bonds is 7. The minimum absolute atomic E-state index is 0.115. The molecule has 0 aliphatic carbocycles. The van der Waals surface area contributed by atoms with Crippen LogP contribution in [0.15, 0.2) is 22.7 Å². The van der Waals surface area contributed by atoms with E-state index in [1.54, 1.807) is 18.2 Å². The van der Waals surface area contributed by atoms with E-state index in [1.165, 1.54) is 12.8 Å². The lowest BCUT2D eigenvalue weighted by molar-refractivity contribution is -0.384.